The molecule has 140 valence electrons. The van der Waals surface area contributed by atoms with Crippen molar-refractivity contribution in [3.8, 4) is 0 Å². The molecular formula is C22H26N4O. The maximum absolute atomic E-state index is 13.1. The number of hydrogen-bond donors (Lipinski definition) is 0. The molecule has 2 aromatic heterocycles. The van der Waals surface area contributed by atoms with Crippen molar-refractivity contribution in [2.45, 2.75) is 38.5 Å². The number of amides is 1. The van der Waals surface area contributed by atoms with Gasteiger partial charge in [0, 0.05) is 43.3 Å². The average Bonchev–Trinajstić information content (AvgIpc) is 3.07. The molecule has 3 heterocycles. The quantitative estimate of drug-likeness (QED) is 0.706. The Hall–Kier alpha value is -2.69. The highest BCUT2D eigenvalue weighted by Gasteiger charge is 2.28. The topological polar surface area (TPSA) is 51.0 Å². The van der Waals surface area contributed by atoms with E-state index in [0.29, 0.717) is 5.69 Å². The summed E-state index contributed by atoms with van der Waals surface area (Å²) in [6.07, 6.45) is 5.96. The Bertz CT molecular complexity index is 962. The summed E-state index contributed by atoms with van der Waals surface area (Å²) >= 11 is 0. The zero-order chi connectivity index (χ0) is 18.8. The monoisotopic (exact) mass is 362 g/mol. The predicted molar refractivity (Wildman–Crippen MR) is 107 cm³/mol. The smallest absolute Gasteiger partial charge is 0.272 e. The van der Waals surface area contributed by atoms with Crippen LogP contribution in [0.15, 0.2) is 42.6 Å². The third-order valence-corrected chi connectivity index (χ3v) is 5.43. The van der Waals surface area contributed by atoms with Crippen LogP contribution in [0.4, 0.5) is 0 Å². The SMILES string of the molecule is CCCc1cc(C(=O)N2CCC[C@@H](c3cc4ccccc4cn3)C2)n(C)n1. The maximum atomic E-state index is 13.1. The van der Waals surface area contributed by atoms with Crippen molar-refractivity contribution in [3.63, 3.8) is 0 Å². The number of nitrogens with zero attached hydrogens (tertiary/aromatic N) is 4. The number of rotatable bonds is 4. The molecule has 1 aliphatic rings. The van der Waals surface area contributed by atoms with Crippen molar-refractivity contribution >= 4 is 16.7 Å². The summed E-state index contributed by atoms with van der Waals surface area (Å²) in [4.78, 5) is 19.7. The molecule has 1 fully saturated rings. The first-order valence-corrected chi connectivity index (χ1v) is 9.82. The van der Waals surface area contributed by atoms with Gasteiger partial charge in [0.25, 0.3) is 5.91 Å². The van der Waals surface area contributed by atoms with Crippen molar-refractivity contribution in [2.75, 3.05) is 13.1 Å². The molecule has 1 aliphatic heterocycles. The van der Waals surface area contributed by atoms with Crippen LogP contribution in [0.5, 0.6) is 0 Å². The summed E-state index contributed by atoms with van der Waals surface area (Å²) in [5.41, 5.74) is 2.77. The number of benzene rings is 1. The van der Waals surface area contributed by atoms with Gasteiger partial charge in [0.1, 0.15) is 5.69 Å². The van der Waals surface area contributed by atoms with Crippen molar-refractivity contribution < 1.29 is 4.79 Å². The Morgan fingerprint density at radius 3 is 2.85 bits per heavy atom. The van der Waals surface area contributed by atoms with Crippen LogP contribution in [-0.2, 0) is 13.5 Å². The van der Waals surface area contributed by atoms with E-state index in [1.165, 1.54) is 5.39 Å². The van der Waals surface area contributed by atoms with Gasteiger partial charge in [0.05, 0.1) is 5.69 Å². The third kappa shape index (κ3) is 3.59. The van der Waals surface area contributed by atoms with Gasteiger partial charge in [-0.15, -0.1) is 0 Å². The molecule has 0 saturated carbocycles. The van der Waals surface area contributed by atoms with Gasteiger partial charge >= 0.3 is 0 Å². The Balaban J connectivity index is 1.54. The lowest BCUT2D eigenvalue weighted by Gasteiger charge is -2.32. The molecule has 0 unspecified atom stereocenters. The van der Waals surface area contributed by atoms with E-state index in [1.807, 2.05) is 30.3 Å². The van der Waals surface area contributed by atoms with Gasteiger partial charge in [-0.1, -0.05) is 37.6 Å². The van der Waals surface area contributed by atoms with E-state index in [9.17, 15) is 4.79 Å². The Kier molecular flexibility index (Phi) is 4.92. The van der Waals surface area contributed by atoms with E-state index in [2.05, 4.69) is 41.3 Å². The molecule has 4 rings (SSSR count). The molecule has 1 amide bonds. The molecule has 3 aromatic rings. The molecule has 0 N–H and O–H groups in total. The number of likely N-dealkylation sites (tertiary alicyclic amines) is 1. The highest BCUT2D eigenvalue weighted by atomic mass is 16.2. The fourth-order valence-corrected chi connectivity index (χ4v) is 3.99. The lowest BCUT2D eigenvalue weighted by Crippen LogP contribution is -2.40. The molecule has 1 atom stereocenters. The summed E-state index contributed by atoms with van der Waals surface area (Å²) < 4.78 is 1.73. The average molecular weight is 362 g/mol. The Morgan fingerprint density at radius 2 is 2.04 bits per heavy atom. The minimum absolute atomic E-state index is 0.0813. The zero-order valence-electron chi connectivity index (χ0n) is 16.1. The fraction of sp³-hybridized carbons (Fsp3) is 0.409. The third-order valence-electron chi connectivity index (χ3n) is 5.43. The molecule has 5 nitrogen and oxygen atoms in total. The number of carbonyl (C=O) groups excluding carboxylic acids is 1. The highest BCUT2D eigenvalue weighted by Crippen LogP contribution is 2.28. The Morgan fingerprint density at radius 1 is 1.22 bits per heavy atom. The van der Waals surface area contributed by atoms with Crippen LogP contribution >= 0.6 is 0 Å². The second-order valence-electron chi connectivity index (χ2n) is 7.44. The predicted octanol–water partition coefficient (Wildman–Crippen LogP) is 3.94. The highest BCUT2D eigenvalue weighted by molar-refractivity contribution is 5.92. The number of fused-ring (bicyclic) bond motifs is 1. The summed E-state index contributed by atoms with van der Waals surface area (Å²) in [5.74, 6) is 0.369. The maximum Gasteiger partial charge on any atom is 0.272 e. The van der Waals surface area contributed by atoms with Crippen LogP contribution in [0.2, 0.25) is 0 Å². The van der Waals surface area contributed by atoms with Crippen molar-refractivity contribution in [2.24, 2.45) is 7.05 Å². The first kappa shape index (κ1) is 17.7. The summed E-state index contributed by atoms with van der Waals surface area (Å²) in [6.45, 7) is 3.65. The van der Waals surface area contributed by atoms with Gasteiger partial charge in [-0.25, -0.2) is 0 Å². The number of aromatic nitrogens is 3. The van der Waals surface area contributed by atoms with Crippen molar-refractivity contribution in [1.82, 2.24) is 19.7 Å². The minimum Gasteiger partial charge on any atom is -0.337 e. The molecule has 5 heteroatoms. The number of aryl methyl sites for hydroxylation is 2. The molecule has 1 saturated heterocycles. The van der Waals surface area contributed by atoms with Gasteiger partial charge < -0.3 is 4.90 Å². The number of hydrogen-bond acceptors (Lipinski definition) is 3. The molecule has 1 aromatic carbocycles. The summed E-state index contributed by atoms with van der Waals surface area (Å²) in [7, 11) is 1.86. The fourth-order valence-electron chi connectivity index (χ4n) is 3.99. The lowest BCUT2D eigenvalue weighted by molar-refractivity contribution is 0.0695. The first-order valence-electron chi connectivity index (χ1n) is 9.82. The van der Waals surface area contributed by atoms with E-state index in [1.54, 1.807) is 4.68 Å². The molecular weight excluding hydrogens is 336 g/mol. The van der Waals surface area contributed by atoms with E-state index in [0.717, 1.165) is 55.5 Å². The van der Waals surface area contributed by atoms with E-state index in [4.69, 9.17) is 0 Å². The zero-order valence-corrected chi connectivity index (χ0v) is 16.1. The number of pyridine rings is 1. The van der Waals surface area contributed by atoms with E-state index in [-0.39, 0.29) is 11.8 Å². The lowest BCUT2D eigenvalue weighted by atomic mass is 9.93. The normalized spacial score (nSPS) is 17.4. The van der Waals surface area contributed by atoms with Crippen LogP contribution < -0.4 is 0 Å². The van der Waals surface area contributed by atoms with E-state index < -0.39 is 0 Å². The second-order valence-corrected chi connectivity index (χ2v) is 7.44. The largest absolute Gasteiger partial charge is 0.337 e. The molecule has 0 bridgehead atoms. The number of piperidine rings is 1. The van der Waals surface area contributed by atoms with Crippen LogP contribution in [-0.4, -0.2) is 38.7 Å². The van der Waals surface area contributed by atoms with Gasteiger partial charge in [0.2, 0.25) is 0 Å². The molecule has 0 aliphatic carbocycles. The molecule has 27 heavy (non-hydrogen) atoms. The molecule has 0 spiro atoms. The van der Waals surface area contributed by atoms with Gasteiger partial charge in [0.15, 0.2) is 0 Å². The standard InChI is InChI=1S/C22H26N4O/c1-3-7-19-13-21(25(2)24-19)22(27)26-11-6-10-18(15-26)20-12-16-8-4-5-9-17(16)14-23-20/h4-5,8-9,12-14,18H,3,6-7,10-11,15H2,1-2H3/t18-/m1/s1. The Labute approximate surface area is 160 Å². The minimum atomic E-state index is 0.0813. The van der Waals surface area contributed by atoms with Gasteiger partial charge in [-0.3, -0.25) is 14.5 Å². The van der Waals surface area contributed by atoms with E-state index >= 15 is 0 Å². The summed E-state index contributed by atoms with van der Waals surface area (Å²) in [5, 5.41) is 6.85. The van der Waals surface area contributed by atoms with Crippen molar-refractivity contribution in [3.05, 3.63) is 59.7 Å². The second kappa shape index (κ2) is 7.51. The van der Waals surface area contributed by atoms with Gasteiger partial charge in [-0.2, -0.15) is 5.10 Å². The summed E-state index contributed by atoms with van der Waals surface area (Å²) in [6, 6.07) is 12.4. The van der Waals surface area contributed by atoms with Crippen LogP contribution in [0.1, 0.15) is 54.0 Å². The number of carbonyl (C=O) groups is 1. The van der Waals surface area contributed by atoms with Crippen LogP contribution in [0, 0.1) is 0 Å². The van der Waals surface area contributed by atoms with Crippen molar-refractivity contribution in [1.29, 1.82) is 0 Å². The molecule has 0 radical (unpaired) electrons. The van der Waals surface area contributed by atoms with Crippen LogP contribution in [0.3, 0.4) is 0 Å². The van der Waals surface area contributed by atoms with Gasteiger partial charge in [-0.05, 0) is 36.8 Å². The first-order chi connectivity index (χ1) is 13.2. The van der Waals surface area contributed by atoms with Crippen LogP contribution in [0.25, 0.3) is 10.8 Å².